The zero-order valence-electron chi connectivity index (χ0n) is 15.4. The van der Waals surface area contributed by atoms with Crippen molar-refractivity contribution in [1.82, 2.24) is 0 Å². The molecule has 1 heterocycles. The van der Waals surface area contributed by atoms with Crippen LogP contribution in [0.3, 0.4) is 0 Å². The number of benzene rings is 2. The number of fused-ring (bicyclic) bond motifs is 1. The fraction of sp³-hybridized carbons (Fsp3) is 0.286. The predicted octanol–water partition coefficient (Wildman–Crippen LogP) is 3.58. The predicted molar refractivity (Wildman–Crippen MR) is 102 cm³/mol. The van der Waals surface area contributed by atoms with Crippen LogP contribution in [0.15, 0.2) is 45.6 Å². The van der Waals surface area contributed by atoms with Crippen LogP contribution in [0, 0.1) is 0 Å². The van der Waals surface area contributed by atoms with Crippen molar-refractivity contribution in [3.63, 3.8) is 0 Å². The molecule has 6 nitrogen and oxygen atoms in total. The molecule has 0 unspecified atom stereocenters. The highest BCUT2D eigenvalue weighted by atomic mass is 16.5. The summed E-state index contributed by atoms with van der Waals surface area (Å²) in [7, 11) is 1.56. The van der Waals surface area contributed by atoms with Crippen molar-refractivity contribution < 1.29 is 24.5 Å². The molecule has 3 rings (SSSR count). The van der Waals surface area contributed by atoms with E-state index in [2.05, 4.69) is 0 Å². The zero-order chi connectivity index (χ0) is 19.8. The van der Waals surface area contributed by atoms with Crippen molar-refractivity contribution >= 4 is 11.0 Å². The van der Waals surface area contributed by atoms with Gasteiger partial charge in [0, 0.05) is 23.3 Å². The lowest BCUT2D eigenvalue weighted by Crippen LogP contribution is -2.19. The van der Waals surface area contributed by atoms with Gasteiger partial charge in [0.15, 0.2) is 5.43 Å². The van der Waals surface area contributed by atoms with Gasteiger partial charge in [0.25, 0.3) is 0 Å². The third-order valence-corrected chi connectivity index (χ3v) is 4.42. The number of methoxy groups -OCH3 is 1. The number of rotatable bonds is 5. The molecule has 142 valence electrons. The smallest absolute Gasteiger partial charge is 0.197 e. The first kappa shape index (κ1) is 18.8. The molecule has 27 heavy (non-hydrogen) atoms. The van der Waals surface area contributed by atoms with Crippen molar-refractivity contribution in [2.75, 3.05) is 7.11 Å². The normalized spacial score (nSPS) is 11.7. The Morgan fingerprint density at radius 2 is 1.74 bits per heavy atom. The number of aromatic hydroxyl groups is 2. The van der Waals surface area contributed by atoms with E-state index < -0.39 is 11.0 Å². The molecular weight excluding hydrogens is 348 g/mol. The number of aliphatic hydroxyl groups is 1. The topological polar surface area (TPSA) is 100 Å². The van der Waals surface area contributed by atoms with Crippen LogP contribution in [0.1, 0.15) is 25.8 Å². The monoisotopic (exact) mass is 370 g/mol. The molecule has 1 aromatic heterocycles. The van der Waals surface area contributed by atoms with Gasteiger partial charge in [0.2, 0.25) is 0 Å². The number of hydrogen-bond acceptors (Lipinski definition) is 6. The zero-order valence-corrected chi connectivity index (χ0v) is 15.4. The first-order chi connectivity index (χ1) is 12.7. The van der Waals surface area contributed by atoms with Gasteiger partial charge in [-0.2, -0.15) is 0 Å². The van der Waals surface area contributed by atoms with Crippen molar-refractivity contribution in [1.29, 1.82) is 0 Å². The van der Waals surface area contributed by atoms with Gasteiger partial charge in [0.1, 0.15) is 34.0 Å². The van der Waals surface area contributed by atoms with Crippen molar-refractivity contribution in [3.8, 4) is 28.6 Å². The van der Waals surface area contributed by atoms with Gasteiger partial charge in [-0.15, -0.1) is 0 Å². The van der Waals surface area contributed by atoms with Crippen LogP contribution in [-0.4, -0.2) is 28.0 Å². The van der Waals surface area contributed by atoms with Crippen molar-refractivity contribution in [2.45, 2.75) is 32.3 Å². The molecule has 0 saturated carbocycles. The Kier molecular flexibility index (Phi) is 4.85. The maximum absolute atomic E-state index is 12.6. The summed E-state index contributed by atoms with van der Waals surface area (Å²) in [5, 5.41) is 30.4. The van der Waals surface area contributed by atoms with Gasteiger partial charge < -0.3 is 24.5 Å². The number of hydrogen-bond donors (Lipinski definition) is 3. The van der Waals surface area contributed by atoms with Gasteiger partial charge in [-0.25, -0.2) is 0 Å². The molecule has 0 aliphatic rings. The summed E-state index contributed by atoms with van der Waals surface area (Å²) in [6.45, 7) is 3.32. The van der Waals surface area contributed by atoms with E-state index in [1.807, 2.05) is 0 Å². The highest BCUT2D eigenvalue weighted by Crippen LogP contribution is 2.36. The standard InChI is InChI=1S/C21H22O6/c1-21(2,25)9-8-14-15(22)10-16(23)19-17(24)11-18(27-20(14)19)12-4-6-13(26-3)7-5-12/h4-7,10-11,22-23,25H,8-9H2,1-3H3. The molecule has 0 amide bonds. The minimum Gasteiger partial charge on any atom is -0.507 e. The van der Waals surface area contributed by atoms with E-state index in [0.717, 1.165) is 6.07 Å². The molecule has 0 aliphatic carbocycles. The van der Waals surface area contributed by atoms with Crippen LogP contribution < -0.4 is 10.2 Å². The summed E-state index contributed by atoms with van der Waals surface area (Å²) in [6.07, 6.45) is 0.623. The number of phenols is 2. The summed E-state index contributed by atoms with van der Waals surface area (Å²) >= 11 is 0. The molecule has 0 spiro atoms. The summed E-state index contributed by atoms with van der Waals surface area (Å²) in [5.41, 5.74) is -0.215. The maximum Gasteiger partial charge on any atom is 0.197 e. The summed E-state index contributed by atoms with van der Waals surface area (Å²) in [5.74, 6) is 0.455. The minimum atomic E-state index is -0.954. The minimum absolute atomic E-state index is 0.0100. The van der Waals surface area contributed by atoms with E-state index in [-0.39, 0.29) is 28.9 Å². The summed E-state index contributed by atoms with van der Waals surface area (Å²) < 4.78 is 11.0. The fourth-order valence-corrected chi connectivity index (χ4v) is 2.92. The Bertz CT molecular complexity index is 1030. The first-order valence-corrected chi connectivity index (χ1v) is 8.58. The average Bonchev–Trinajstić information content (AvgIpc) is 2.59. The highest BCUT2D eigenvalue weighted by Gasteiger charge is 2.21. The van der Waals surface area contributed by atoms with Crippen LogP contribution in [0.4, 0.5) is 0 Å². The Morgan fingerprint density at radius 3 is 2.33 bits per heavy atom. The molecule has 3 N–H and O–H groups in total. The second-order valence-corrected chi connectivity index (χ2v) is 7.11. The molecule has 0 atom stereocenters. The van der Waals surface area contributed by atoms with Crippen LogP contribution in [0.5, 0.6) is 17.2 Å². The van der Waals surface area contributed by atoms with E-state index in [0.29, 0.717) is 29.1 Å². The van der Waals surface area contributed by atoms with Crippen molar-refractivity contribution in [3.05, 3.63) is 52.2 Å². The third-order valence-electron chi connectivity index (χ3n) is 4.42. The lowest BCUT2D eigenvalue weighted by Gasteiger charge is -2.18. The molecular formula is C21H22O6. The van der Waals surface area contributed by atoms with E-state index in [1.165, 1.54) is 6.07 Å². The van der Waals surface area contributed by atoms with Gasteiger partial charge >= 0.3 is 0 Å². The van der Waals surface area contributed by atoms with Gasteiger partial charge in [0.05, 0.1) is 12.7 Å². The van der Waals surface area contributed by atoms with Gasteiger partial charge in [-0.1, -0.05) is 0 Å². The molecule has 0 bridgehead atoms. The average molecular weight is 370 g/mol. The SMILES string of the molecule is COc1ccc(-c2cc(=O)c3c(O)cc(O)c(CCC(C)(C)O)c3o2)cc1. The number of ether oxygens (including phenoxy) is 1. The second kappa shape index (κ2) is 6.96. The van der Waals surface area contributed by atoms with E-state index >= 15 is 0 Å². The number of phenolic OH excluding ortho intramolecular Hbond substituents is 2. The van der Waals surface area contributed by atoms with Crippen molar-refractivity contribution in [2.24, 2.45) is 0 Å². The maximum atomic E-state index is 12.6. The quantitative estimate of drug-likeness (QED) is 0.635. The van der Waals surface area contributed by atoms with E-state index in [4.69, 9.17) is 9.15 Å². The van der Waals surface area contributed by atoms with Gasteiger partial charge in [-0.05, 0) is 51.0 Å². The highest BCUT2D eigenvalue weighted by molar-refractivity contribution is 5.89. The lowest BCUT2D eigenvalue weighted by molar-refractivity contribution is 0.0713. The molecule has 0 saturated heterocycles. The Balaban J connectivity index is 2.20. The van der Waals surface area contributed by atoms with Crippen LogP contribution in [0.25, 0.3) is 22.3 Å². The van der Waals surface area contributed by atoms with E-state index in [1.54, 1.807) is 45.2 Å². The second-order valence-electron chi connectivity index (χ2n) is 7.11. The third kappa shape index (κ3) is 3.90. The number of aryl methyl sites for hydroxylation is 1. The summed E-state index contributed by atoms with van der Waals surface area (Å²) in [6, 6.07) is 9.43. The largest absolute Gasteiger partial charge is 0.507 e. The molecule has 0 fully saturated rings. The Hall–Kier alpha value is -2.99. The van der Waals surface area contributed by atoms with Crippen LogP contribution in [0.2, 0.25) is 0 Å². The lowest BCUT2D eigenvalue weighted by atomic mass is 9.96. The Morgan fingerprint density at radius 1 is 1.07 bits per heavy atom. The summed E-state index contributed by atoms with van der Waals surface area (Å²) in [4.78, 5) is 12.6. The Labute approximate surface area is 156 Å². The molecule has 3 aromatic rings. The molecule has 0 aliphatic heterocycles. The van der Waals surface area contributed by atoms with E-state index in [9.17, 15) is 20.1 Å². The van der Waals surface area contributed by atoms with Crippen LogP contribution in [-0.2, 0) is 6.42 Å². The molecule has 0 radical (unpaired) electrons. The molecule has 6 heteroatoms. The fourth-order valence-electron chi connectivity index (χ4n) is 2.92. The van der Waals surface area contributed by atoms with Gasteiger partial charge in [-0.3, -0.25) is 4.79 Å². The van der Waals surface area contributed by atoms with Crippen LogP contribution >= 0.6 is 0 Å². The first-order valence-electron chi connectivity index (χ1n) is 8.58. The molecule has 2 aromatic carbocycles.